The smallest absolute Gasteiger partial charge is 0.254 e. The number of carbonyl (C=O) groups is 2. The van der Waals surface area contributed by atoms with Crippen LogP contribution in [0, 0.1) is 35.5 Å². The Kier molecular flexibility index (Phi) is 2.66. The van der Waals surface area contributed by atoms with Crippen LogP contribution in [0.1, 0.15) is 12.0 Å². The number of allylic oxidation sites excluding steroid dienone is 2. The third-order valence-corrected chi connectivity index (χ3v) is 6.08. The van der Waals surface area contributed by atoms with E-state index in [9.17, 15) is 9.59 Å². The molecule has 5 heteroatoms. The minimum atomic E-state index is -0.191. The van der Waals surface area contributed by atoms with Crippen molar-refractivity contribution in [1.82, 2.24) is 5.01 Å². The summed E-state index contributed by atoms with van der Waals surface area (Å²) < 4.78 is 0. The minimum Gasteiger partial charge on any atom is -0.272 e. The molecular weight excluding hydrogens is 312 g/mol. The first kappa shape index (κ1) is 13.5. The van der Waals surface area contributed by atoms with E-state index in [0.29, 0.717) is 16.9 Å². The molecule has 116 valence electrons. The quantitative estimate of drug-likeness (QED) is 0.476. The van der Waals surface area contributed by atoms with Crippen LogP contribution >= 0.6 is 11.6 Å². The lowest BCUT2D eigenvalue weighted by Gasteiger charge is -2.37. The van der Waals surface area contributed by atoms with Gasteiger partial charge >= 0.3 is 0 Å². The highest BCUT2D eigenvalue weighted by Crippen LogP contribution is 2.65. The predicted octanol–water partition coefficient (Wildman–Crippen LogP) is 2.73. The second-order valence-corrected chi connectivity index (χ2v) is 7.38. The molecule has 6 atom stereocenters. The zero-order valence-corrected chi connectivity index (χ0v) is 13.1. The number of hydrazone groups is 1. The number of hydrogen-bond acceptors (Lipinski definition) is 3. The molecule has 1 aromatic rings. The van der Waals surface area contributed by atoms with E-state index >= 15 is 0 Å². The predicted molar refractivity (Wildman–Crippen MR) is 85.6 cm³/mol. The van der Waals surface area contributed by atoms with Crippen molar-refractivity contribution < 1.29 is 9.59 Å². The highest BCUT2D eigenvalue weighted by molar-refractivity contribution is 6.30. The van der Waals surface area contributed by atoms with Gasteiger partial charge in [0.25, 0.3) is 11.8 Å². The second kappa shape index (κ2) is 4.54. The SMILES string of the molecule is O=C1[C@@H]2[C@H]3C=C[C@@H]([C@@H]4C[C@@H]34)[C@@H]2C(=O)N1/N=C\c1ccc(Cl)cc1. The fraction of sp³-hybridized carbons (Fsp3) is 0.389. The molecule has 1 aromatic carbocycles. The molecule has 1 saturated heterocycles. The molecule has 0 N–H and O–H groups in total. The summed E-state index contributed by atoms with van der Waals surface area (Å²) in [5, 5.41) is 5.93. The first-order valence-electron chi connectivity index (χ1n) is 8.01. The summed E-state index contributed by atoms with van der Waals surface area (Å²) in [6, 6.07) is 7.14. The van der Waals surface area contributed by atoms with Gasteiger partial charge in [0.1, 0.15) is 0 Å². The van der Waals surface area contributed by atoms with Gasteiger partial charge in [-0.15, -0.1) is 0 Å². The van der Waals surface area contributed by atoms with Gasteiger partial charge in [0.15, 0.2) is 0 Å². The maximum Gasteiger partial charge on any atom is 0.254 e. The molecule has 2 saturated carbocycles. The van der Waals surface area contributed by atoms with Crippen molar-refractivity contribution >= 4 is 29.6 Å². The number of benzene rings is 1. The molecule has 0 aromatic heterocycles. The number of rotatable bonds is 2. The third kappa shape index (κ3) is 1.81. The van der Waals surface area contributed by atoms with Crippen molar-refractivity contribution in [2.75, 3.05) is 0 Å². The first-order chi connectivity index (χ1) is 11.1. The fourth-order valence-electron chi connectivity index (χ4n) is 4.73. The number of amides is 2. The fourth-order valence-corrected chi connectivity index (χ4v) is 4.85. The number of halogens is 1. The van der Waals surface area contributed by atoms with Gasteiger partial charge in [0.2, 0.25) is 0 Å². The van der Waals surface area contributed by atoms with Gasteiger partial charge in [-0.3, -0.25) is 9.59 Å². The second-order valence-electron chi connectivity index (χ2n) is 6.94. The normalized spacial score (nSPS) is 40.0. The van der Waals surface area contributed by atoms with E-state index in [1.165, 1.54) is 6.42 Å². The van der Waals surface area contributed by atoms with Crippen LogP contribution in [-0.4, -0.2) is 23.0 Å². The summed E-state index contributed by atoms with van der Waals surface area (Å²) in [4.78, 5) is 25.4. The van der Waals surface area contributed by atoms with Crippen LogP contribution in [0.2, 0.25) is 5.02 Å². The maximum absolute atomic E-state index is 12.7. The van der Waals surface area contributed by atoms with E-state index < -0.39 is 0 Å². The molecule has 6 rings (SSSR count). The molecule has 0 unspecified atom stereocenters. The number of nitrogens with zero attached hydrogens (tertiary/aromatic N) is 2. The average molecular weight is 327 g/mol. The van der Waals surface area contributed by atoms with Crippen LogP contribution in [0.5, 0.6) is 0 Å². The lowest BCUT2D eigenvalue weighted by atomic mass is 9.63. The molecule has 4 nitrogen and oxygen atoms in total. The highest BCUT2D eigenvalue weighted by Gasteiger charge is 2.67. The van der Waals surface area contributed by atoms with Crippen molar-refractivity contribution in [2.45, 2.75) is 6.42 Å². The van der Waals surface area contributed by atoms with E-state index in [-0.39, 0.29) is 35.5 Å². The molecule has 1 aliphatic heterocycles. The summed E-state index contributed by atoms with van der Waals surface area (Å²) in [6.45, 7) is 0. The molecule has 1 heterocycles. The molecule has 23 heavy (non-hydrogen) atoms. The highest BCUT2D eigenvalue weighted by atomic mass is 35.5. The van der Waals surface area contributed by atoms with Crippen molar-refractivity contribution in [3.8, 4) is 0 Å². The Morgan fingerprint density at radius 2 is 1.57 bits per heavy atom. The van der Waals surface area contributed by atoms with Gasteiger partial charge in [0, 0.05) is 5.02 Å². The molecule has 0 radical (unpaired) electrons. The van der Waals surface area contributed by atoms with Crippen LogP contribution in [0.3, 0.4) is 0 Å². The Bertz CT molecular complexity index is 734. The van der Waals surface area contributed by atoms with Gasteiger partial charge < -0.3 is 0 Å². The summed E-state index contributed by atoms with van der Waals surface area (Å²) in [7, 11) is 0. The lowest BCUT2D eigenvalue weighted by Crippen LogP contribution is -2.40. The van der Waals surface area contributed by atoms with Crippen LogP contribution in [0.25, 0.3) is 0 Å². The van der Waals surface area contributed by atoms with Crippen LogP contribution in [0.4, 0.5) is 0 Å². The Labute approximate surface area is 138 Å². The van der Waals surface area contributed by atoms with Gasteiger partial charge in [-0.25, -0.2) is 0 Å². The number of imide groups is 1. The van der Waals surface area contributed by atoms with Gasteiger partial charge in [-0.2, -0.15) is 10.1 Å². The van der Waals surface area contributed by atoms with E-state index in [0.717, 1.165) is 10.6 Å². The molecule has 2 bridgehead atoms. The summed E-state index contributed by atoms with van der Waals surface area (Å²) in [5.41, 5.74) is 0.814. The Morgan fingerprint density at radius 3 is 2.13 bits per heavy atom. The topological polar surface area (TPSA) is 49.7 Å². The molecule has 3 fully saturated rings. The van der Waals surface area contributed by atoms with Gasteiger partial charge in [-0.05, 0) is 47.8 Å². The minimum absolute atomic E-state index is 0.130. The summed E-state index contributed by atoms with van der Waals surface area (Å²) >= 11 is 5.85. The van der Waals surface area contributed by atoms with Crippen LogP contribution in [0.15, 0.2) is 41.5 Å². The van der Waals surface area contributed by atoms with Crippen LogP contribution < -0.4 is 0 Å². The maximum atomic E-state index is 12.7. The molecule has 5 aliphatic rings. The van der Waals surface area contributed by atoms with Crippen molar-refractivity contribution in [3.05, 3.63) is 47.0 Å². The monoisotopic (exact) mass is 326 g/mol. The van der Waals surface area contributed by atoms with E-state index in [4.69, 9.17) is 11.6 Å². The van der Waals surface area contributed by atoms with Crippen molar-refractivity contribution in [2.24, 2.45) is 40.6 Å². The lowest BCUT2D eigenvalue weighted by molar-refractivity contribution is -0.140. The largest absolute Gasteiger partial charge is 0.272 e. The van der Waals surface area contributed by atoms with E-state index in [1.807, 2.05) is 12.1 Å². The summed E-state index contributed by atoms with van der Waals surface area (Å²) in [6.07, 6.45) is 7.05. The molecular formula is C18H15ClN2O2. The van der Waals surface area contributed by atoms with Gasteiger partial charge in [-0.1, -0.05) is 35.9 Å². The zero-order valence-electron chi connectivity index (χ0n) is 12.3. The Balaban J connectivity index is 1.44. The van der Waals surface area contributed by atoms with E-state index in [1.54, 1.807) is 18.3 Å². The van der Waals surface area contributed by atoms with Crippen LogP contribution in [-0.2, 0) is 9.59 Å². The summed E-state index contributed by atoms with van der Waals surface area (Å²) in [5.74, 6) is 1.06. The Hall–Kier alpha value is -1.94. The van der Waals surface area contributed by atoms with E-state index in [2.05, 4.69) is 17.3 Å². The van der Waals surface area contributed by atoms with Gasteiger partial charge in [0.05, 0.1) is 18.1 Å². The third-order valence-electron chi connectivity index (χ3n) is 5.83. The number of carbonyl (C=O) groups excluding carboxylic acids is 2. The van der Waals surface area contributed by atoms with Crippen molar-refractivity contribution in [3.63, 3.8) is 0 Å². The molecule has 4 aliphatic carbocycles. The Morgan fingerprint density at radius 1 is 1.00 bits per heavy atom. The average Bonchev–Trinajstić information content (AvgIpc) is 3.33. The number of hydrogen-bond donors (Lipinski definition) is 0. The van der Waals surface area contributed by atoms with Crippen molar-refractivity contribution in [1.29, 1.82) is 0 Å². The zero-order chi connectivity index (χ0) is 15.7. The standard InChI is InChI=1S/C18H15ClN2O2/c19-10-3-1-9(2-4-10)8-20-21-17(22)15-11-5-6-12(14-7-13(11)14)16(15)18(21)23/h1-6,8,11-16H,7H2/b20-8-/t11-,12-,13-,14-,15-,16+/m0/s1. The molecule has 2 amide bonds. The molecule has 0 spiro atoms. The first-order valence-corrected chi connectivity index (χ1v) is 8.38.